The normalized spacial score (nSPS) is 18.2. The minimum Gasteiger partial charge on any atom is -0.494 e. The Balaban J connectivity index is 2.79. The molecule has 20 heavy (non-hydrogen) atoms. The van der Waals surface area contributed by atoms with Crippen molar-refractivity contribution < 1.29 is 4.74 Å². The lowest BCUT2D eigenvalue weighted by Gasteiger charge is -2.26. The fourth-order valence-corrected chi connectivity index (χ4v) is 7.74. The highest BCUT2D eigenvalue weighted by Gasteiger charge is 2.34. The van der Waals surface area contributed by atoms with E-state index in [1.807, 2.05) is 0 Å². The molecule has 0 bridgehead atoms. The van der Waals surface area contributed by atoms with Gasteiger partial charge in [-0.15, -0.1) is 0 Å². The molecular formula is C18H36OP+. The topological polar surface area (TPSA) is 9.23 Å². The van der Waals surface area contributed by atoms with E-state index in [1.54, 1.807) is 0 Å². The first-order valence-electron chi connectivity index (χ1n) is 8.96. The quantitative estimate of drug-likeness (QED) is 0.421. The first-order valence-corrected chi connectivity index (χ1v) is 11.4. The number of hydrogen-bond donors (Lipinski definition) is 0. The van der Waals surface area contributed by atoms with Crippen LogP contribution in [0.5, 0.6) is 0 Å². The summed E-state index contributed by atoms with van der Waals surface area (Å²) in [7, 11) is -0.901. The first-order chi connectivity index (χ1) is 9.76. The Morgan fingerprint density at radius 1 is 0.900 bits per heavy atom. The average molecular weight is 299 g/mol. The third kappa shape index (κ3) is 6.61. The average Bonchev–Trinajstić information content (AvgIpc) is 2.49. The van der Waals surface area contributed by atoms with Gasteiger partial charge in [0.25, 0.3) is 0 Å². The maximum absolute atomic E-state index is 5.96. The molecule has 1 saturated heterocycles. The molecule has 1 nitrogen and oxygen atoms in total. The van der Waals surface area contributed by atoms with Crippen molar-refractivity contribution in [1.82, 2.24) is 0 Å². The fourth-order valence-electron chi connectivity index (χ4n) is 3.03. The van der Waals surface area contributed by atoms with Gasteiger partial charge < -0.3 is 4.74 Å². The van der Waals surface area contributed by atoms with Crippen molar-refractivity contribution in [3.8, 4) is 0 Å². The molecule has 1 rings (SSSR count). The summed E-state index contributed by atoms with van der Waals surface area (Å²) in [5, 5.41) is 0. The molecule has 0 amide bonds. The van der Waals surface area contributed by atoms with E-state index < -0.39 is 7.26 Å². The molecule has 0 aromatic rings. The zero-order chi connectivity index (χ0) is 14.7. The van der Waals surface area contributed by atoms with E-state index in [2.05, 4.69) is 26.6 Å². The molecule has 0 saturated carbocycles. The number of hydrogen-bond acceptors (Lipinski definition) is 1. The van der Waals surface area contributed by atoms with Crippen LogP contribution in [0.4, 0.5) is 0 Å². The van der Waals surface area contributed by atoms with Gasteiger partial charge in [0.05, 0.1) is 30.9 Å². The molecule has 0 atom stereocenters. The molecule has 0 unspecified atom stereocenters. The van der Waals surface area contributed by atoms with Crippen molar-refractivity contribution in [2.45, 2.75) is 78.6 Å². The predicted molar refractivity (Wildman–Crippen MR) is 94.1 cm³/mol. The molecular weight excluding hydrogens is 263 g/mol. The van der Waals surface area contributed by atoms with Crippen LogP contribution in [0.25, 0.3) is 0 Å². The van der Waals surface area contributed by atoms with E-state index in [9.17, 15) is 0 Å². The number of unbranched alkanes of at least 4 members (excludes halogenated alkanes) is 3. The molecule has 1 fully saturated rings. The van der Waals surface area contributed by atoms with E-state index in [0.29, 0.717) is 0 Å². The smallest absolute Gasteiger partial charge is 0.130 e. The monoisotopic (exact) mass is 299 g/mol. The van der Waals surface area contributed by atoms with Gasteiger partial charge in [0.2, 0.25) is 0 Å². The molecule has 2 heteroatoms. The highest BCUT2D eigenvalue weighted by atomic mass is 31.2. The number of rotatable bonds is 10. The van der Waals surface area contributed by atoms with Crippen LogP contribution in [-0.2, 0) is 4.74 Å². The predicted octanol–water partition coefficient (Wildman–Crippen LogP) is 6.45. The van der Waals surface area contributed by atoms with Crippen LogP contribution in [0.2, 0.25) is 0 Å². The summed E-state index contributed by atoms with van der Waals surface area (Å²) in [6, 6.07) is 0. The van der Waals surface area contributed by atoms with Crippen molar-refractivity contribution in [3.63, 3.8) is 0 Å². The van der Waals surface area contributed by atoms with Gasteiger partial charge in [-0.25, -0.2) is 0 Å². The van der Waals surface area contributed by atoms with Gasteiger partial charge >= 0.3 is 0 Å². The zero-order valence-corrected chi connectivity index (χ0v) is 15.0. The third-order valence-electron chi connectivity index (χ3n) is 4.39. The lowest BCUT2D eigenvalue weighted by atomic mass is 10.2. The van der Waals surface area contributed by atoms with Crippen LogP contribution < -0.4 is 0 Å². The van der Waals surface area contributed by atoms with Gasteiger partial charge in [-0.3, -0.25) is 0 Å². The Morgan fingerprint density at radius 2 is 1.45 bits per heavy atom. The summed E-state index contributed by atoms with van der Waals surface area (Å²) >= 11 is 0. The maximum atomic E-state index is 5.96. The largest absolute Gasteiger partial charge is 0.494 e. The van der Waals surface area contributed by atoms with E-state index in [1.165, 1.54) is 82.0 Å². The summed E-state index contributed by atoms with van der Waals surface area (Å²) < 4.78 is 5.96. The Morgan fingerprint density at radius 3 is 1.85 bits per heavy atom. The molecule has 0 radical (unpaired) electrons. The molecule has 0 aromatic carbocycles. The van der Waals surface area contributed by atoms with Crippen LogP contribution >= 0.6 is 7.26 Å². The Bertz CT molecular complexity index is 243. The minimum absolute atomic E-state index is 0.901. The Hall–Kier alpha value is -0.0300. The van der Waals surface area contributed by atoms with Gasteiger partial charge in [-0.05, 0) is 32.1 Å². The van der Waals surface area contributed by atoms with Gasteiger partial charge in [-0.1, -0.05) is 40.0 Å². The van der Waals surface area contributed by atoms with Crippen LogP contribution in [0.3, 0.4) is 0 Å². The van der Waals surface area contributed by atoms with Gasteiger partial charge in [-0.2, -0.15) is 0 Å². The summed E-state index contributed by atoms with van der Waals surface area (Å²) in [5.74, 6) is 4.03. The van der Waals surface area contributed by atoms with Gasteiger partial charge in [0.1, 0.15) is 5.76 Å². The van der Waals surface area contributed by atoms with Crippen LogP contribution in [0, 0.1) is 0 Å². The van der Waals surface area contributed by atoms with Crippen molar-refractivity contribution in [1.29, 1.82) is 0 Å². The van der Waals surface area contributed by atoms with E-state index >= 15 is 0 Å². The second-order valence-electron chi connectivity index (χ2n) is 6.35. The summed E-state index contributed by atoms with van der Waals surface area (Å²) in [6.45, 7) is 7.96. The SMILES string of the molecule is CCCC[P+](C=C1CCCCO1)(CCCC)CCCC. The van der Waals surface area contributed by atoms with E-state index in [4.69, 9.17) is 4.74 Å². The van der Waals surface area contributed by atoms with Crippen molar-refractivity contribution in [2.75, 3.05) is 25.1 Å². The number of allylic oxidation sites excluding steroid dienone is 1. The lowest BCUT2D eigenvalue weighted by Crippen LogP contribution is -2.10. The summed E-state index contributed by atoms with van der Waals surface area (Å²) in [4.78, 5) is 0. The second-order valence-corrected chi connectivity index (χ2v) is 10.4. The summed E-state index contributed by atoms with van der Waals surface area (Å²) in [6.07, 6.45) is 16.4. The van der Waals surface area contributed by atoms with Crippen LogP contribution in [0.15, 0.2) is 11.6 Å². The molecule has 0 aromatic heterocycles. The highest BCUT2D eigenvalue weighted by molar-refractivity contribution is 7.78. The highest BCUT2D eigenvalue weighted by Crippen LogP contribution is 2.63. The second kappa shape index (κ2) is 10.7. The van der Waals surface area contributed by atoms with Crippen LogP contribution in [0.1, 0.15) is 78.6 Å². The molecule has 1 heterocycles. The van der Waals surface area contributed by atoms with Crippen LogP contribution in [-0.4, -0.2) is 25.1 Å². The molecule has 0 aliphatic carbocycles. The maximum Gasteiger partial charge on any atom is 0.130 e. The fraction of sp³-hybridized carbons (Fsp3) is 0.889. The van der Waals surface area contributed by atoms with E-state index in [-0.39, 0.29) is 0 Å². The molecule has 1 aliphatic rings. The molecule has 118 valence electrons. The molecule has 0 N–H and O–H groups in total. The first kappa shape index (κ1) is 18.0. The van der Waals surface area contributed by atoms with Crippen molar-refractivity contribution in [3.05, 3.63) is 11.6 Å². The van der Waals surface area contributed by atoms with Gasteiger partial charge in [0, 0.05) is 13.7 Å². The Labute approximate surface area is 127 Å². The van der Waals surface area contributed by atoms with Crippen molar-refractivity contribution >= 4 is 7.26 Å². The third-order valence-corrected chi connectivity index (χ3v) is 8.85. The Kier molecular flexibility index (Phi) is 9.61. The standard InChI is InChI=1S/C18H36OP/c1-4-7-14-20(15-8-5-2,16-9-6-3)17-18-12-10-11-13-19-18/h17H,4-16H2,1-3H3/q+1. The van der Waals surface area contributed by atoms with Crippen molar-refractivity contribution in [2.24, 2.45) is 0 Å². The molecule has 1 aliphatic heterocycles. The molecule has 0 spiro atoms. The van der Waals surface area contributed by atoms with E-state index in [0.717, 1.165) is 6.61 Å². The lowest BCUT2D eigenvalue weighted by molar-refractivity contribution is 0.167. The number of ether oxygens (including phenoxy) is 1. The van der Waals surface area contributed by atoms with Gasteiger partial charge in [0.15, 0.2) is 0 Å². The summed E-state index contributed by atoms with van der Waals surface area (Å²) in [5.41, 5.74) is 0. The minimum atomic E-state index is -0.901. The zero-order valence-electron chi connectivity index (χ0n) is 14.1.